The summed E-state index contributed by atoms with van der Waals surface area (Å²) >= 11 is 0. The number of carbonyl (C=O) groups excluding carboxylic acids is 1. The van der Waals surface area contributed by atoms with Gasteiger partial charge < -0.3 is 9.69 Å². The molecule has 0 bridgehead atoms. The van der Waals surface area contributed by atoms with Crippen LogP contribution in [0.4, 0.5) is 0 Å². The predicted molar refractivity (Wildman–Crippen MR) is 47.3 cm³/mol. The molecule has 0 amide bonds. The van der Waals surface area contributed by atoms with E-state index in [1.165, 1.54) is 0 Å². The van der Waals surface area contributed by atoms with Crippen molar-refractivity contribution in [3.63, 3.8) is 0 Å². The predicted octanol–water partition coefficient (Wildman–Crippen LogP) is 1.80. The van der Waals surface area contributed by atoms with Gasteiger partial charge in [-0.15, -0.1) is 0 Å². The van der Waals surface area contributed by atoms with E-state index < -0.39 is 0 Å². The molecule has 0 atom stereocenters. The maximum Gasteiger partial charge on any atom is 0.119 e. The van der Waals surface area contributed by atoms with Gasteiger partial charge in [0, 0.05) is 6.42 Å². The lowest BCUT2D eigenvalue weighted by Crippen LogP contribution is -1.99. The molecule has 0 spiro atoms. The van der Waals surface area contributed by atoms with Gasteiger partial charge in [-0.2, -0.15) is 0 Å². The van der Waals surface area contributed by atoms with Gasteiger partial charge in [0.15, 0.2) is 0 Å². The van der Waals surface area contributed by atoms with Gasteiger partial charge in [0.1, 0.15) is 6.29 Å². The van der Waals surface area contributed by atoms with Crippen molar-refractivity contribution < 1.29 is 4.79 Å². The van der Waals surface area contributed by atoms with Crippen LogP contribution in [-0.4, -0.2) is 32.3 Å². The molecule has 0 aromatic heterocycles. The fraction of sp³-hybridized carbons (Fsp3) is 0.875. The molecule has 2 heteroatoms. The van der Waals surface area contributed by atoms with E-state index in [0.717, 1.165) is 6.29 Å². The fourth-order valence-corrected chi connectivity index (χ4v) is 0. The summed E-state index contributed by atoms with van der Waals surface area (Å²) in [6, 6.07) is 0. The van der Waals surface area contributed by atoms with Crippen LogP contribution in [0.3, 0.4) is 0 Å². The van der Waals surface area contributed by atoms with Crippen LogP contribution in [-0.2, 0) is 4.79 Å². The van der Waals surface area contributed by atoms with E-state index in [2.05, 4.69) is 0 Å². The molecule has 64 valence electrons. The molecular formula is C8H21NO. The Labute approximate surface area is 65.2 Å². The number of hydrogen-bond acceptors (Lipinski definition) is 2. The highest BCUT2D eigenvalue weighted by Crippen LogP contribution is 1.53. The highest BCUT2D eigenvalue weighted by Gasteiger charge is 1.58. The smallest absolute Gasteiger partial charge is 0.119 e. The lowest BCUT2D eigenvalue weighted by Gasteiger charge is -1.90. The number of aldehydes is 1. The minimum Gasteiger partial charge on any atom is -0.312 e. The molecule has 2 nitrogen and oxygen atoms in total. The van der Waals surface area contributed by atoms with Gasteiger partial charge in [-0.3, -0.25) is 0 Å². The minimum absolute atomic E-state index is 0.639. The zero-order valence-corrected chi connectivity index (χ0v) is 8.14. The molecule has 10 heavy (non-hydrogen) atoms. The first-order chi connectivity index (χ1) is 4.65. The third-order valence-corrected chi connectivity index (χ3v) is 0.167. The minimum atomic E-state index is 0.639. The topological polar surface area (TPSA) is 20.3 Å². The van der Waals surface area contributed by atoms with Crippen LogP contribution >= 0.6 is 0 Å². The van der Waals surface area contributed by atoms with Crippen LogP contribution in [0.25, 0.3) is 0 Å². The van der Waals surface area contributed by atoms with Crippen molar-refractivity contribution in [3.8, 4) is 0 Å². The Bertz CT molecular complexity index is 41.8. The largest absolute Gasteiger partial charge is 0.312 e. The van der Waals surface area contributed by atoms with Crippen molar-refractivity contribution in [3.05, 3.63) is 0 Å². The second kappa shape index (κ2) is 23.4. The van der Waals surface area contributed by atoms with Crippen LogP contribution < -0.4 is 0 Å². The van der Waals surface area contributed by atoms with Crippen LogP contribution in [0.1, 0.15) is 27.2 Å². The summed E-state index contributed by atoms with van der Waals surface area (Å²) in [5.41, 5.74) is 0. The van der Waals surface area contributed by atoms with Gasteiger partial charge in [-0.25, -0.2) is 0 Å². The van der Waals surface area contributed by atoms with Crippen LogP contribution in [0.5, 0.6) is 0 Å². The Morgan fingerprint density at radius 1 is 1.20 bits per heavy atom. The van der Waals surface area contributed by atoms with E-state index in [-0.39, 0.29) is 0 Å². The Hall–Kier alpha value is -0.370. The lowest BCUT2D eigenvalue weighted by atomic mass is 10.6. The van der Waals surface area contributed by atoms with E-state index in [4.69, 9.17) is 0 Å². The van der Waals surface area contributed by atoms with E-state index in [9.17, 15) is 4.79 Å². The zero-order valence-electron chi connectivity index (χ0n) is 8.14. The summed E-state index contributed by atoms with van der Waals surface area (Å²) in [4.78, 5) is 11.2. The number of hydrogen-bond donors (Lipinski definition) is 0. The molecule has 0 unspecified atom stereocenters. The summed E-state index contributed by atoms with van der Waals surface area (Å²) in [6.45, 7) is 5.81. The maximum atomic E-state index is 9.17. The summed E-state index contributed by atoms with van der Waals surface area (Å²) in [7, 11) is 6.00. The van der Waals surface area contributed by atoms with Gasteiger partial charge in [0.05, 0.1) is 0 Å². The van der Waals surface area contributed by atoms with Gasteiger partial charge in [0.2, 0.25) is 0 Å². The first kappa shape index (κ1) is 16.3. The Morgan fingerprint density at radius 2 is 1.30 bits per heavy atom. The van der Waals surface area contributed by atoms with Crippen LogP contribution in [0, 0.1) is 0 Å². The van der Waals surface area contributed by atoms with Crippen LogP contribution in [0.15, 0.2) is 0 Å². The number of rotatable bonds is 1. The van der Waals surface area contributed by atoms with E-state index in [1.54, 1.807) is 0 Å². The monoisotopic (exact) mass is 147 g/mol. The molecule has 0 rings (SSSR count). The highest BCUT2D eigenvalue weighted by molar-refractivity contribution is 5.48. The second-order valence-electron chi connectivity index (χ2n) is 1.92. The number of carbonyl (C=O) groups is 1. The molecule has 0 aromatic carbocycles. The average molecular weight is 147 g/mol. The van der Waals surface area contributed by atoms with E-state index >= 15 is 0 Å². The Balaban J connectivity index is -0.0000000787. The van der Waals surface area contributed by atoms with Crippen molar-refractivity contribution in [2.24, 2.45) is 0 Å². The van der Waals surface area contributed by atoms with Crippen molar-refractivity contribution in [1.82, 2.24) is 4.90 Å². The van der Waals surface area contributed by atoms with Gasteiger partial charge in [-0.05, 0) is 21.1 Å². The summed E-state index contributed by atoms with van der Waals surface area (Å²) in [5, 5.41) is 0. The van der Waals surface area contributed by atoms with Gasteiger partial charge >= 0.3 is 0 Å². The van der Waals surface area contributed by atoms with Crippen molar-refractivity contribution in [2.75, 3.05) is 21.1 Å². The van der Waals surface area contributed by atoms with E-state index in [1.807, 2.05) is 46.8 Å². The fourth-order valence-electron chi connectivity index (χ4n) is 0. The molecular weight excluding hydrogens is 126 g/mol. The summed E-state index contributed by atoms with van der Waals surface area (Å²) < 4.78 is 0. The maximum absolute atomic E-state index is 9.17. The third kappa shape index (κ3) is 845. The van der Waals surface area contributed by atoms with Crippen molar-refractivity contribution in [1.29, 1.82) is 0 Å². The Kier molecular flexibility index (Phi) is 38.2. The molecule has 0 aliphatic heterocycles. The second-order valence-corrected chi connectivity index (χ2v) is 1.92. The summed E-state index contributed by atoms with van der Waals surface area (Å²) in [6.07, 6.45) is 1.51. The van der Waals surface area contributed by atoms with Crippen molar-refractivity contribution >= 4 is 6.29 Å². The van der Waals surface area contributed by atoms with Crippen molar-refractivity contribution in [2.45, 2.75) is 27.2 Å². The lowest BCUT2D eigenvalue weighted by molar-refractivity contribution is -0.107. The molecule has 0 radical (unpaired) electrons. The highest BCUT2D eigenvalue weighted by atomic mass is 16.1. The first-order valence-corrected chi connectivity index (χ1v) is 3.69. The standard InChI is InChI=1S/C3H9N.C3H6O.C2H6/c1-4(2)3;1-2-3-4;1-2/h1-3H3;3H,2H2,1H3;1-2H3. The zero-order chi connectivity index (χ0) is 8.99. The SMILES string of the molecule is CC.CCC=O.CN(C)C. The quantitative estimate of drug-likeness (QED) is 0.527. The normalized spacial score (nSPS) is 6.70. The Morgan fingerprint density at radius 3 is 1.30 bits per heavy atom. The molecule has 0 aromatic rings. The molecule has 0 aliphatic rings. The molecule has 0 heterocycles. The van der Waals surface area contributed by atoms with E-state index in [0.29, 0.717) is 6.42 Å². The molecule has 0 N–H and O–H groups in total. The summed E-state index contributed by atoms with van der Waals surface area (Å²) in [5.74, 6) is 0. The number of nitrogens with zero attached hydrogens (tertiary/aromatic N) is 1. The molecule has 0 fully saturated rings. The van der Waals surface area contributed by atoms with Gasteiger partial charge in [0.25, 0.3) is 0 Å². The van der Waals surface area contributed by atoms with Crippen LogP contribution in [0.2, 0.25) is 0 Å². The average Bonchev–Trinajstić information content (AvgIpc) is 1.91. The van der Waals surface area contributed by atoms with Gasteiger partial charge in [-0.1, -0.05) is 20.8 Å². The molecule has 0 saturated carbocycles. The first-order valence-electron chi connectivity index (χ1n) is 3.69. The molecule has 0 aliphatic carbocycles. The third-order valence-electron chi connectivity index (χ3n) is 0.167. The molecule has 0 saturated heterocycles.